The zero-order valence-corrected chi connectivity index (χ0v) is 13.4. The van der Waals surface area contributed by atoms with E-state index in [0.717, 1.165) is 0 Å². The Kier molecular flexibility index (Phi) is 6.69. The van der Waals surface area contributed by atoms with E-state index >= 15 is 0 Å². The summed E-state index contributed by atoms with van der Waals surface area (Å²) in [5.74, 6) is 0.114. The van der Waals surface area contributed by atoms with Crippen molar-refractivity contribution in [1.82, 2.24) is 5.32 Å². The maximum Gasteiger partial charge on any atom is 0.416 e. The third kappa shape index (κ3) is 6.81. The lowest BCUT2D eigenvalue weighted by molar-refractivity contribution is -0.143. The summed E-state index contributed by atoms with van der Waals surface area (Å²) >= 11 is 0. The highest BCUT2D eigenvalue weighted by Gasteiger charge is 2.37. The van der Waals surface area contributed by atoms with E-state index in [-0.39, 0.29) is 12.0 Å². The molecule has 4 nitrogen and oxygen atoms in total. The number of hydrogen-bond donors (Lipinski definition) is 3. The lowest BCUT2D eigenvalue weighted by atomic mass is 10.0. The van der Waals surface area contributed by atoms with Gasteiger partial charge in [-0.15, -0.1) is 0 Å². The van der Waals surface area contributed by atoms with Crippen LogP contribution in [0, 0.1) is 5.92 Å². The highest BCUT2D eigenvalue weighted by Crippen LogP contribution is 2.37. The largest absolute Gasteiger partial charge is 0.416 e. The van der Waals surface area contributed by atoms with Crippen molar-refractivity contribution in [2.45, 2.75) is 38.7 Å². The molecule has 0 heterocycles. The highest BCUT2D eigenvalue weighted by atomic mass is 19.4. The Morgan fingerprint density at radius 2 is 1.52 bits per heavy atom. The average molecular weight is 372 g/mol. The summed E-state index contributed by atoms with van der Waals surface area (Å²) in [7, 11) is 0. The van der Waals surface area contributed by atoms with E-state index in [1.165, 1.54) is 0 Å². The standard InChI is InChI=1S/C15H18F6N2O2/c1-8(2)3-12(7-24)23-13(25)22-11-5-9(14(16,17)18)4-10(6-11)15(19,20)21/h4-6,8,12,24H,3,7H2,1-2H3,(H2,22,23,25). The summed E-state index contributed by atoms with van der Waals surface area (Å²) in [6, 6.07) is -0.894. The van der Waals surface area contributed by atoms with Crippen LogP contribution >= 0.6 is 0 Å². The molecule has 0 saturated heterocycles. The molecule has 0 spiro atoms. The number of benzene rings is 1. The predicted molar refractivity (Wildman–Crippen MR) is 78.9 cm³/mol. The Balaban J connectivity index is 3.02. The van der Waals surface area contributed by atoms with Crippen molar-refractivity contribution in [2.24, 2.45) is 5.92 Å². The number of aliphatic hydroxyl groups is 1. The van der Waals surface area contributed by atoms with Crippen molar-refractivity contribution in [3.05, 3.63) is 29.3 Å². The molecule has 0 bridgehead atoms. The van der Waals surface area contributed by atoms with Gasteiger partial charge in [0.15, 0.2) is 0 Å². The minimum absolute atomic E-state index is 0.0294. The lowest BCUT2D eigenvalue weighted by Gasteiger charge is -2.19. The fourth-order valence-corrected chi connectivity index (χ4v) is 2.13. The Hall–Kier alpha value is -1.97. The van der Waals surface area contributed by atoms with Gasteiger partial charge in [-0.3, -0.25) is 0 Å². The first kappa shape index (κ1) is 21.1. The van der Waals surface area contributed by atoms with Gasteiger partial charge in [0.25, 0.3) is 0 Å². The molecule has 0 saturated carbocycles. The molecule has 1 aromatic carbocycles. The maximum absolute atomic E-state index is 12.8. The zero-order valence-electron chi connectivity index (χ0n) is 13.4. The van der Waals surface area contributed by atoms with Gasteiger partial charge in [0, 0.05) is 5.69 Å². The van der Waals surface area contributed by atoms with E-state index in [4.69, 9.17) is 5.11 Å². The quantitative estimate of drug-likeness (QED) is 0.677. The molecule has 0 radical (unpaired) electrons. The number of hydrogen-bond acceptors (Lipinski definition) is 2. The van der Waals surface area contributed by atoms with Crippen LogP contribution in [-0.2, 0) is 12.4 Å². The minimum atomic E-state index is -5.00. The van der Waals surface area contributed by atoms with Crippen LogP contribution < -0.4 is 10.6 Å². The number of nitrogens with one attached hydrogen (secondary N) is 2. The van der Waals surface area contributed by atoms with Crippen LogP contribution in [0.4, 0.5) is 36.8 Å². The van der Waals surface area contributed by atoms with E-state index < -0.39 is 47.8 Å². The van der Waals surface area contributed by atoms with Crippen LogP contribution in [0.5, 0.6) is 0 Å². The maximum atomic E-state index is 12.8. The van der Waals surface area contributed by atoms with E-state index in [2.05, 4.69) is 5.32 Å². The molecule has 0 aliphatic carbocycles. The number of rotatable bonds is 5. The number of amides is 2. The molecule has 2 amide bonds. The van der Waals surface area contributed by atoms with Crippen LogP contribution in [-0.4, -0.2) is 23.8 Å². The summed E-state index contributed by atoms with van der Waals surface area (Å²) < 4.78 is 76.5. The van der Waals surface area contributed by atoms with E-state index in [1.54, 1.807) is 0 Å². The molecular weight excluding hydrogens is 354 g/mol. The zero-order chi connectivity index (χ0) is 19.4. The van der Waals surface area contributed by atoms with Crippen LogP contribution in [0.2, 0.25) is 0 Å². The Labute approximate surface area is 140 Å². The molecule has 10 heteroatoms. The summed E-state index contributed by atoms with van der Waals surface area (Å²) in [5, 5.41) is 13.4. The average Bonchev–Trinajstić information content (AvgIpc) is 2.43. The number of urea groups is 1. The second-order valence-corrected chi connectivity index (χ2v) is 5.90. The monoisotopic (exact) mass is 372 g/mol. The molecule has 1 aromatic rings. The van der Waals surface area contributed by atoms with Crippen molar-refractivity contribution in [2.75, 3.05) is 11.9 Å². The molecular formula is C15H18F6N2O2. The molecule has 142 valence electrons. The number of aliphatic hydroxyl groups excluding tert-OH is 1. The summed E-state index contributed by atoms with van der Waals surface area (Å²) in [5.41, 5.74) is -3.71. The molecule has 0 aliphatic rings. The van der Waals surface area contributed by atoms with E-state index in [0.29, 0.717) is 18.6 Å². The van der Waals surface area contributed by atoms with E-state index in [9.17, 15) is 31.1 Å². The highest BCUT2D eigenvalue weighted by molar-refractivity contribution is 5.89. The van der Waals surface area contributed by atoms with Gasteiger partial charge in [0.05, 0.1) is 23.8 Å². The van der Waals surface area contributed by atoms with E-state index in [1.807, 2.05) is 19.2 Å². The van der Waals surface area contributed by atoms with Crippen molar-refractivity contribution in [3.63, 3.8) is 0 Å². The molecule has 1 rings (SSSR count). The van der Waals surface area contributed by atoms with Gasteiger partial charge in [-0.05, 0) is 30.5 Å². The fourth-order valence-electron chi connectivity index (χ4n) is 2.13. The van der Waals surface area contributed by atoms with Crippen LogP contribution in [0.1, 0.15) is 31.4 Å². The molecule has 25 heavy (non-hydrogen) atoms. The lowest BCUT2D eigenvalue weighted by Crippen LogP contribution is -2.41. The van der Waals surface area contributed by atoms with Gasteiger partial charge in [0.1, 0.15) is 0 Å². The molecule has 0 fully saturated rings. The molecule has 1 atom stereocenters. The van der Waals surface area contributed by atoms with Crippen LogP contribution in [0.3, 0.4) is 0 Å². The number of carbonyl (C=O) groups excluding carboxylic acids is 1. The van der Waals surface area contributed by atoms with Gasteiger partial charge in [0.2, 0.25) is 0 Å². The fraction of sp³-hybridized carbons (Fsp3) is 0.533. The number of alkyl halides is 6. The number of carbonyl (C=O) groups is 1. The van der Waals surface area contributed by atoms with Crippen molar-refractivity contribution in [3.8, 4) is 0 Å². The second kappa shape index (κ2) is 7.94. The van der Waals surface area contributed by atoms with Gasteiger partial charge >= 0.3 is 18.4 Å². The first-order chi connectivity index (χ1) is 11.3. The third-order valence-corrected chi connectivity index (χ3v) is 3.16. The first-order valence-electron chi connectivity index (χ1n) is 7.30. The summed E-state index contributed by atoms with van der Waals surface area (Å²) in [4.78, 5) is 11.8. The number of anilines is 1. The second-order valence-electron chi connectivity index (χ2n) is 5.90. The van der Waals surface area contributed by atoms with Crippen molar-refractivity contribution >= 4 is 11.7 Å². The molecule has 0 aromatic heterocycles. The summed E-state index contributed by atoms with van der Waals surface area (Å²) in [6.07, 6.45) is -9.61. The van der Waals surface area contributed by atoms with Gasteiger partial charge in [-0.25, -0.2) is 4.79 Å². The SMILES string of the molecule is CC(C)CC(CO)NC(=O)Nc1cc(C(F)(F)F)cc(C(F)(F)F)c1. The number of halogens is 6. The first-order valence-corrected chi connectivity index (χ1v) is 7.30. The molecule has 1 unspecified atom stereocenters. The van der Waals surface area contributed by atoms with Crippen molar-refractivity contribution < 1.29 is 36.2 Å². The smallest absolute Gasteiger partial charge is 0.394 e. The minimum Gasteiger partial charge on any atom is -0.394 e. The molecule has 3 N–H and O–H groups in total. The Morgan fingerprint density at radius 1 is 1.04 bits per heavy atom. The topological polar surface area (TPSA) is 61.4 Å². The molecule has 0 aliphatic heterocycles. The van der Waals surface area contributed by atoms with Crippen LogP contribution in [0.15, 0.2) is 18.2 Å². The normalized spacial score (nSPS) is 13.7. The van der Waals surface area contributed by atoms with Crippen LogP contribution in [0.25, 0.3) is 0 Å². The Morgan fingerprint density at radius 3 is 1.88 bits per heavy atom. The van der Waals surface area contributed by atoms with Gasteiger partial charge in [-0.2, -0.15) is 26.3 Å². The predicted octanol–water partition coefficient (Wildman–Crippen LogP) is 4.25. The van der Waals surface area contributed by atoms with Gasteiger partial charge in [-0.1, -0.05) is 13.8 Å². The van der Waals surface area contributed by atoms with Crippen molar-refractivity contribution in [1.29, 1.82) is 0 Å². The third-order valence-electron chi connectivity index (χ3n) is 3.16. The summed E-state index contributed by atoms with van der Waals surface area (Å²) in [6.45, 7) is 3.23. The van der Waals surface area contributed by atoms with Gasteiger partial charge < -0.3 is 15.7 Å². The Bertz CT molecular complexity index is 566.